The zero-order chi connectivity index (χ0) is 6.97. The Morgan fingerprint density at radius 1 is 1.27 bits per heavy atom. The molecule has 0 aromatic heterocycles. The van der Waals surface area contributed by atoms with Crippen LogP contribution in [-0.4, -0.2) is 0 Å². The first-order valence-electron chi connectivity index (χ1n) is 4.11. The van der Waals surface area contributed by atoms with Gasteiger partial charge in [0.25, 0.3) is 0 Å². The maximum atomic E-state index is 2.34. The molecule has 0 fully saturated rings. The van der Waals surface area contributed by atoms with Crippen LogP contribution in [0.5, 0.6) is 0 Å². The van der Waals surface area contributed by atoms with Gasteiger partial charge < -0.3 is 0 Å². The van der Waals surface area contributed by atoms with Gasteiger partial charge in [-0.15, -0.1) is 0 Å². The molecule has 0 nitrogen and oxygen atoms in total. The van der Waals surface area contributed by atoms with Crippen molar-refractivity contribution in [2.24, 2.45) is 0 Å². The Balaban J connectivity index is 0.000000605. The van der Waals surface area contributed by atoms with Gasteiger partial charge in [-0.1, -0.05) is 32.6 Å². The third-order valence-electron chi connectivity index (χ3n) is 2.36. The van der Waals surface area contributed by atoms with Crippen LogP contribution in [0.25, 0.3) is 0 Å². The maximum Gasteiger partial charge on any atom is 2.00 e. The third kappa shape index (κ3) is 1.80. The first kappa shape index (κ1) is 9.15. The van der Waals surface area contributed by atoms with Gasteiger partial charge in [-0.25, -0.2) is 6.07 Å². The van der Waals surface area contributed by atoms with Gasteiger partial charge in [-0.2, -0.15) is 22.8 Å². The second kappa shape index (κ2) is 3.64. The van der Waals surface area contributed by atoms with Crippen LogP contribution in [0, 0.1) is 6.92 Å². The number of rotatable bonds is 0. The largest absolute Gasteiger partial charge is 2.00 e. The summed E-state index contributed by atoms with van der Waals surface area (Å²) in [4.78, 5) is 0. The molecule has 1 aromatic rings. The summed E-state index contributed by atoms with van der Waals surface area (Å²) in [5.74, 6) is 0. The van der Waals surface area contributed by atoms with Crippen LogP contribution in [0.15, 0.2) is 12.1 Å². The van der Waals surface area contributed by atoms with Gasteiger partial charge >= 0.3 is 21.7 Å². The molecule has 1 aliphatic rings. The SMILES string of the molecule is Cc1cc2c([cH-]1)CCCC2.[Ti+2]. The quantitative estimate of drug-likeness (QED) is 0.426. The van der Waals surface area contributed by atoms with E-state index in [0.717, 1.165) is 0 Å². The average molecular weight is 181 g/mol. The molecule has 0 bridgehead atoms. The summed E-state index contributed by atoms with van der Waals surface area (Å²) in [7, 11) is 0. The number of hydrogen-bond acceptors (Lipinski definition) is 0. The normalized spacial score (nSPS) is 15.4. The minimum atomic E-state index is 0. The van der Waals surface area contributed by atoms with Crippen molar-refractivity contribution in [1.29, 1.82) is 0 Å². The Labute approximate surface area is 83.2 Å². The van der Waals surface area contributed by atoms with Gasteiger partial charge in [0.1, 0.15) is 0 Å². The van der Waals surface area contributed by atoms with E-state index in [4.69, 9.17) is 0 Å². The van der Waals surface area contributed by atoms with Crippen LogP contribution >= 0.6 is 0 Å². The molecule has 1 aliphatic carbocycles. The van der Waals surface area contributed by atoms with E-state index in [0.29, 0.717) is 0 Å². The van der Waals surface area contributed by atoms with Gasteiger partial charge in [-0.05, 0) is 0 Å². The fourth-order valence-corrected chi connectivity index (χ4v) is 1.87. The van der Waals surface area contributed by atoms with Crippen molar-refractivity contribution >= 4 is 0 Å². The number of fused-ring (bicyclic) bond motifs is 1. The van der Waals surface area contributed by atoms with Crippen LogP contribution in [0.3, 0.4) is 0 Å². The Bertz CT molecular complexity index is 212. The van der Waals surface area contributed by atoms with Crippen molar-refractivity contribution in [3.63, 3.8) is 0 Å². The van der Waals surface area contributed by atoms with E-state index in [1.165, 1.54) is 31.2 Å². The van der Waals surface area contributed by atoms with Crippen molar-refractivity contribution in [1.82, 2.24) is 0 Å². The van der Waals surface area contributed by atoms with Crippen molar-refractivity contribution in [3.8, 4) is 0 Å². The van der Waals surface area contributed by atoms with Crippen LogP contribution < -0.4 is 0 Å². The molecule has 0 radical (unpaired) electrons. The summed E-state index contributed by atoms with van der Waals surface area (Å²) < 4.78 is 0. The predicted octanol–water partition coefficient (Wildman–Crippen LogP) is 2.59. The molecular weight excluding hydrogens is 168 g/mol. The maximum absolute atomic E-state index is 2.34. The third-order valence-corrected chi connectivity index (χ3v) is 2.36. The average Bonchev–Trinajstić information content (AvgIpc) is 2.27. The van der Waals surface area contributed by atoms with E-state index in [1.54, 1.807) is 11.1 Å². The molecule has 2 rings (SSSR count). The van der Waals surface area contributed by atoms with Crippen molar-refractivity contribution in [2.45, 2.75) is 32.6 Å². The summed E-state index contributed by atoms with van der Waals surface area (Å²) in [5, 5.41) is 0. The molecule has 0 amide bonds. The summed E-state index contributed by atoms with van der Waals surface area (Å²) in [6.07, 6.45) is 5.44. The molecule has 0 saturated carbocycles. The molecule has 0 aliphatic heterocycles. The summed E-state index contributed by atoms with van der Waals surface area (Å²) in [6, 6.07) is 4.68. The molecule has 0 unspecified atom stereocenters. The van der Waals surface area contributed by atoms with E-state index in [2.05, 4.69) is 19.1 Å². The van der Waals surface area contributed by atoms with E-state index in [-0.39, 0.29) is 21.7 Å². The molecule has 1 heteroatoms. The first-order valence-corrected chi connectivity index (χ1v) is 4.11. The molecule has 56 valence electrons. The zero-order valence-corrected chi connectivity index (χ0v) is 8.54. The minimum Gasteiger partial charge on any atom is -0.207 e. The van der Waals surface area contributed by atoms with Crippen LogP contribution in [0.1, 0.15) is 29.5 Å². The standard InChI is InChI=1S/C10H13.Ti/c1-8-6-9-4-2-3-5-10(9)7-8;/h6-7H,2-5H2,1H3;/q-1;+2. The Kier molecular flexibility index (Phi) is 3.03. The molecule has 11 heavy (non-hydrogen) atoms. The van der Waals surface area contributed by atoms with Crippen molar-refractivity contribution < 1.29 is 21.7 Å². The first-order chi connectivity index (χ1) is 4.86. The molecule has 0 saturated heterocycles. The van der Waals surface area contributed by atoms with E-state index >= 15 is 0 Å². The topological polar surface area (TPSA) is 0 Å². The van der Waals surface area contributed by atoms with Gasteiger partial charge in [0, 0.05) is 0 Å². The number of hydrogen-bond donors (Lipinski definition) is 0. The van der Waals surface area contributed by atoms with Gasteiger partial charge in [0.15, 0.2) is 0 Å². The van der Waals surface area contributed by atoms with E-state index < -0.39 is 0 Å². The molecular formula is C10H13Ti+. The van der Waals surface area contributed by atoms with E-state index in [1.807, 2.05) is 0 Å². The van der Waals surface area contributed by atoms with Gasteiger partial charge in [0.2, 0.25) is 0 Å². The van der Waals surface area contributed by atoms with Crippen molar-refractivity contribution in [3.05, 3.63) is 28.8 Å². The zero-order valence-electron chi connectivity index (χ0n) is 6.98. The molecule has 1 aromatic carbocycles. The minimum absolute atomic E-state index is 0. The Hall–Kier alpha value is 0.0643. The molecule has 0 N–H and O–H groups in total. The summed E-state index contributed by atoms with van der Waals surface area (Å²) >= 11 is 0. The Morgan fingerprint density at radius 2 is 2.00 bits per heavy atom. The fourth-order valence-electron chi connectivity index (χ4n) is 1.87. The molecule has 0 atom stereocenters. The van der Waals surface area contributed by atoms with Crippen LogP contribution in [0.4, 0.5) is 0 Å². The monoisotopic (exact) mass is 181 g/mol. The van der Waals surface area contributed by atoms with Gasteiger partial charge in [0.05, 0.1) is 0 Å². The smallest absolute Gasteiger partial charge is 0.207 e. The second-order valence-corrected chi connectivity index (χ2v) is 3.29. The molecule has 0 spiro atoms. The van der Waals surface area contributed by atoms with Gasteiger partial charge in [-0.3, -0.25) is 0 Å². The van der Waals surface area contributed by atoms with Crippen LogP contribution in [0.2, 0.25) is 0 Å². The Morgan fingerprint density at radius 3 is 2.73 bits per heavy atom. The van der Waals surface area contributed by atoms with E-state index in [9.17, 15) is 0 Å². The molecule has 0 heterocycles. The summed E-state index contributed by atoms with van der Waals surface area (Å²) in [6.45, 7) is 2.19. The predicted molar refractivity (Wildman–Crippen MR) is 43.4 cm³/mol. The van der Waals surface area contributed by atoms with Crippen LogP contribution in [-0.2, 0) is 34.6 Å². The second-order valence-electron chi connectivity index (χ2n) is 3.29. The van der Waals surface area contributed by atoms with Crippen molar-refractivity contribution in [2.75, 3.05) is 0 Å². The summed E-state index contributed by atoms with van der Waals surface area (Å²) in [5.41, 5.74) is 4.68. The fraction of sp³-hybridized carbons (Fsp3) is 0.500. The number of aryl methyl sites for hydroxylation is 3.